The first-order valence-electron chi connectivity index (χ1n) is 12.9. The molecule has 0 radical (unpaired) electrons. The van der Waals surface area contributed by atoms with E-state index in [1.165, 1.54) is 26.4 Å². The molecule has 1 aromatic heterocycles. The van der Waals surface area contributed by atoms with E-state index >= 15 is 0 Å². The largest absolute Gasteiger partial charge is 0.496 e. The molecule has 2 N–H and O–H groups in total. The summed E-state index contributed by atoms with van der Waals surface area (Å²) in [5.74, 6) is -0.424. The second-order valence-corrected chi connectivity index (χ2v) is 12.1. The highest BCUT2D eigenvalue weighted by Crippen LogP contribution is 2.43. The minimum Gasteiger partial charge on any atom is -0.496 e. The molecule has 0 saturated heterocycles. The summed E-state index contributed by atoms with van der Waals surface area (Å²) in [5, 5.41) is -1.26. The number of rotatable bonds is 8. The van der Waals surface area contributed by atoms with Crippen molar-refractivity contribution in [2.24, 2.45) is 0 Å². The molecule has 9 nitrogen and oxygen atoms in total. The second kappa shape index (κ2) is 11.8. The highest BCUT2D eigenvalue weighted by molar-refractivity contribution is 8.10. The van der Waals surface area contributed by atoms with E-state index in [4.69, 9.17) is 19.9 Å². The van der Waals surface area contributed by atoms with Crippen LogP contribution in [0.5, 0.6) is 11.5 Å². The molecular formula is C31H28N2O7S2. The number of methoxy groups -OCH3 is 2. The van der Waals surface area contributed by atoms with Crippen LogP contribution in [0.25, 0.3) is 11.0 Å². The van der Waals surface area contributed by atoms with Gasteiger partial charge in [-0.3, -0.25) is 9.36 Å². The van der Waals surface area contributed by atoms with Crippen molar-refractivity contribution in [1.82, 2.24) is 4.57 Å². The first-order valence-corrected chi connectivity index (χ1v) is 15.3. The SMILES string of the molecule is CCOC(=O)C1=c2/c(=C/c3ccccc3OC)c(N)c(S(=O)(=O)c3ccccc3)n2C(=O)C(c2ccccc2OC)S1. The number of aromatic nitrogens is 1. The minimum absolute atomic E-state index is 0.0347. The quantitative estimate of drug-likeness (QED) is 0.301. The van der Waals surface area contributed by atoms with Gasteiger partial charge in [0, 0.05) is 16.3 Å². The van der Waals surface area contributed by atoms with Crippen molar-refractivity contribution < 1.29 is 32.2 Å². The second-order valence-electron chi connectivity index (χ2n) is 9.15. The number of anilines is 1. The Morgan fingerprint density at radius 2 is 1.57 bits per heavy atom. The summed E-state index contributed by atoms with van der Waals surface area (Å²) in [5.41, 5.74) is 7.51. The van der Waals surface area contributed by atoms with Crippen molar-refractivity contribution in [2.45, 2.75) is 22.1 Å². The zero-order valence-corrected chi connectivity index (χ0v) is 24.7. The van der Waals surface area contributed by atoms with Crippen LogP contribution in [-0.2, 0) is 19.4 Å². The molecule has 0 fully saturated rings. The van der Waals surface area contributed by atoms with Crippen LogP contribution in [0.1, 0.15) is 28.1 Å². The molecule has 2 heterocycles. The van der Waals surface area contributed by atoms with Crippen molar-refractivity contribution >= 4 is 50.1 Å². The van der Waals surface area contributed by atoms with Gasteiger partial charge in [0.05, 0.1) is 36.8 Å². The molecule has 0 aliphatic carbocycles. The smallest absolute Gasteiger partial charge is 0.346 e. The Morgan fingerprint density at radius 3 is 2.24 bits per heavy atom. The van der Waals surface area contributed by atoms with Crippen molar-refractivity contribution in [1.29, 1.82) is 0 Å². The Balaban J connectivity index is 1.95. The Morgan fingerprint density at radius 1 is 0.952 bits per heavy atom. The van der Waals surface area contributed by atoms with E-state index in [0.29, 0.717) is 22.6 Å². The zero-order valence-electron chi connectivity index (χ0n) is 23.1. The zero-order chi connectivity index (χ0) is 30.0. The van der Waals surface area contributed by atoms with Gasteiger partial charge in [0.25, 0.3) is 0 Å². The number of nitrogens with zero attached hydrogens (tertiary/aromatic N) is 1. The molecule has 1 unspecified atom stereocenters. The maximum atomic E-state index is 14.4. The Hall–Kier alpha value is -4.48. The van der Waals surface area contributed by atoms with Gasteiger partial charge in [-0.1, -0.05) is 66.4 Å². The van der Waals surface area contributed by atoms with Crippen molar-refractivity contribution in [3.8, 4) is 11.5 Å². The van der Waals surface area contributed by atoms with Crippen LogP contribution < -0.4 is 25.8 Å². The molecule has 0 amide bonds. The lowest BCUT2D eigenvalue weighted by atomic mass is 10.1. The van der Waals surface area contributed by atoms with E-state index in [2.05, 4.69) is 0 Å². The van der Waals surface area contributed by atoms with Crippen LogP contribution in [-0.4, -0.2) is 45.7 Å². The van der Waals surface area contributed by atoms with Gasteiger partial charge >= 0.3 is 5.97 Å². The molecular weight excluding hydrogens is 576 g/mol. The fraction of sp³-hybridized carbons (Fsp3) is 0.161. The summed E-state index contributed by atoms with van der Waals surface area (Å²) in [4.78, 5) is 27.9. The molecule has 42 heavy (non-hydrogen) atoms. The van der Waals surface area contributed by atoms with E-state index in [-0.39, 0.29) is 32.7 Å². The standard InChI is InChI=1S/C31H28N2O7S2/c1-4-40-31(35)28-26-22(18-19-12-8-10-16-23(19)38-2)25(32)30(42(36,37)20-13-6-5-7-14-20)33(26)29(34)27(41-28)21-15-9-11-17-24(21)39-3/h5-18,27H,4,32H2,1-3H3/b22-18+. The van der Waals surface area contributed by atoms with E-state index in [0.717, 1.165) is 16.3 Å². The molecule has 1 aliphatic heterocycles. The number of esters is 1. The van der Waals surface area contributed by atoms with Crippen LogP contribution in [0.4, 0.5) is 5.69 Å². The first-order chi connectivity index (χ1) is 20.2. The highest BCUT2D eigenvalue weighted by Gasteiger charge is 2.41. The Labute approximate surface area is 247 Å². The van der Waals surface area contributed by atoms with Gasteiger partial charge in [0.1, 0.15) is 21.7 Å². The van der Waals surface area contributed by atoms with Gasteiger partial charge in [0.2, 0.25) is 15.7 Å². The third-order valence-corrected chi connectivity index (χ3v) is 9.82. The monoisotopic (exact) mass is 604 g/mol. The average molecular weight is 605 g/mol. The number of ether oxygens (including phenoxy) is 3. The fourth-order valence-electron chi connectivity index (χ4n) is 4.85. The molecule has 1 aliphatic rings. The van der Waals surface area contributed by atoms with Crippen LogP contribution >= 0.6 is 11.8 Å². The molecule has 11 heteroatoms. The Bertz CT molecular complexity index is 1920. The molecule has 5 rings (SSSR count). The highest BCUT2D eigenvalue weighted by atomic mass is 32.2. The fourth-order valence-corrected chi connectivity index (χ4v) is 7.64. The van der Waals surface area contributed by atoms with Gasteiger partial charge in [-0.15, -0.1) is 0 Å². The lowest BCUT2D eigenvalue weighted by molar-refractivity contribution is -0.135. The molecule has 4 aromatic rings. The van der Waals surface area contributed by atoms with Crippen LogP contribution in [0, 0.1) is 0 Å². The van der Waals surface area contributed by atoms with Crippen LogP contribution in [0.15, 0.2) is 88.8 Å². The normalized spacial score (nSPS) is 15.3. The topological polar surface area (TPSA) is 127 Å². The van der Waals surface area contributed by atoms with Gasteiger partial charge < -0.3 is 19.9 Å². The maximum Gasteiger partial charge on any atom is 0.346 e. The lowest BCUT2D eigenvalue weighted by Gasteiger charge is -2.25. The Kier molecular flexibility index (Phi) is 8.15. The number of nitrogen functional groups attached to an aromatic ring is 1. The summed E-state index contributed by atoms with van der Waals surface area (Å²) in [6, 6.07) is 21.6. The number of hydrogen-bond acceptors (Lipinski definition) is 9. The molecule has 0 bridgehead atoms. The van der Waals surface area contributed by atoms with E-state index in [1.807, 2.05) is 0 Å². The van der Waals surface area contributed by atoms with Gasteiger partial charge in [-0.2, -0.15) is 0 Å². The predicted octanol–water partition coefficient (Wildman–Crippen LogP) is 3.55. The molecule has 0 spiro atoms. The molecule has 3 aromatic carbocycles. The number of thioether (sulfide) groups is 1. The van der Waals surface area contributed by atoms with Crippen molar-refractivity contribution in [2.75, 3.05) is 26.6 Å². The number of fused-ring (bicyclic) bond motifs is 1. The summed E-state index contributed by atoms with van der Waals surface area (Å²) in [7, 11) is -1.38. The third-order valence-electron chi connectivity index (χ3n) is 6.73. The molecule has 0 saturated carbocycles. The number of benzene rings is 3. The average Bonchev–Trinajstić information content (AvgIpc) is 3.30. The van der Waals surface area contributed by atoms with E-state index in [1.54, 1.807) is 79.7 Å². The summed E-state index contributed by atoms with van der Waals surface area (Å²) >= 11 is 0.966. The summed E-state index contributed by atoms with van der Waals surface area (Å²) < 4.78 is 45.8. The van der Waals surface area contributed by atoms with E-state index < -0.39 is 32.0 Å². The number of sulfone groups is 1. The van der Waals surface area contributed by atoms with Gasteiger partial charge in [-0.25, -0.2) is 13.2 Å². The minimum atomic E-state index is -4.35. The van der Waals surface area contributed by atoms with Gasteiger partial charge in [-0.05, 0) is 37.3 Å². The summed E-state index contributed by atoms with van der Waals surface area (Å²) in [6.07, 6.45) is 1.61. The first kappa shape index (κ1) is 29.0. The molecule has 216 valence electrons. The van der Waals surface area contributed by atoms with Crippen LogP contribution in [0.2, 0.25) is 0 Å². The number of para-hydroxylation sites is 2. The number of nitrogens with two attached hydrogens (primary N) is 1. The lowest BCUT2D eigenvalue weighted by Crippen LogP contribution is -2.42. The number of carbonyl (C=O) groups excluding carboxylic acids is 2. The van der Waals surface area contributed by atoms with Crippen LogP contribution in [0.3, 0.4) is 0 Å². The maximum absolute atomic E-state index is 14.4. The summed E-state index contributed by atoms with van der Waals surface area (Å²) in [6.45, 7) is 1.72. The third kappa shape index (κ3) is 4.94. The number of carbonyl (C=O) groups is 2. The predicted molar refractivity (Wildman–Crippen MR) is 161 cm³/mol. The van der Waals surface area contributed by atoms with Gasteiger partial charge in [0.15, 0.2) is 5.03 Å². The van der Waals surface area contributed by atoms with E-state index in [9.17, 15) is 18.0 Å². The number of hydrogen-bond donors (Lipinski definition) is 1. The molecule has 1 atom stereocenters. The van der Waals surface area contributed by atoms with Crippen molar-refractivity contribution in [3.63, 3.8) is 0 Å². The van der Waals surface area contributed by atoms with Crippen molar-refractivity contribution in [3.05, 3.63) is 101 Å².